The molecule has 2 N–H and O–H groups in total. The molecule has 0 spiro atoms. The first kappa shape index (κ1) is 15.4. The summed E-state index contributed by atoms with van der Waals surface area (Å²) in [6, 6.07) is 15.4. The molecule has 6 heteroatoms. The van der Waals surface area contributed by atoms with E-state index < -0.39 is 0 Å². The Morgan fingerprint density at radius 1 is 0.958 bits per heavy atom. The zero-order chi connectivity index (χ0) is 16.9. The highest BCUT2D eigenvalue weighted by Crippen LogP contribution is 2.24. The fourth-order valence-electron chi connectivity index (χ4n) is 2.37. The summed E-state index contributed by atoms with van der Waals surface area (Å²) in [5.74, 6) is 0.910. The van der Waals surface area contributed by atoms with E-state index >= 15 is 0 Å². The first-order chi connectivity index (χ1) is 11.7. The van der Waals surface area contributed by atoms with Crippen molar-refractivity contribution in [3.8, 4) is 6.07 Å². The van der Waals surface area contributed by atoms with Crippen LogP contribution >= 0.6 is 0 Å². The number of aromatic nitrogens is 3. The Labute approximate surface area is 140 Å². The van der Waals surface area contributed by atoms with Crippen LogP contribution in [0, 0.1) is 25.2 Å². The zero-order valence-electron chi connectivity index (χ0n) is 13.4. The van der Waals surface area contributed by atoms with Gasteiger partial charge in [-0.15, -0.1) is 5.10 Å². The van der Waals surface area contributed by atoms with Crippen LogP contribution in [0.4, 0.5) is 23.1 Å². The summed E-state index contributed by atoms with van der Waals surface area (Å²) in [6.45, 7) is 4.07. The van der Waals surface area contributed by atoms with Crippen molar-refractivity contribution in [2.24, 2.45) is 0 Å². The van der Waals surface area contributed by atoms with E-state index in [1.54, 1.807) is 18.3 Å². The van der Waals surface area contributed by atoms with Crippen LogP contribution in [0.5, 0.6) is 0 Å². The number of nitrogens with one attached hydrogen (secondary N) is 2. The van der Waals surface area contributed by atoms with Gasteiger partial charge in [-0.05, 0) is 37.1 Å². The summed E-state index contributed by atoms with van der Waals surface area (Å²) in [7, 11) is 0. The molecule has 0 saturated carbocycles. The van der Waals surface area contributed by atoms with E-state index in [4.69, 9.17) is 5.26 Å². The third-order valence-corrected chi connectivity index (χ3v) is 3.59. The van der Waals surface area contributed by atoms with Crippen molar-refractivity contribution in [3.05, 3.63) is 65.4 Å². The lowest BCUT2D eigenvalue weighted by molar-refractivity contribution is 0.981. The van der Waals surface area contributed by atoms with Gasteiger partial charge in [0.1, 0.15) is 6.07 Å². The molecule has 1 heterocycles. The minimum absolute atomic E-state index is 0.328. The number of nitrogens with zero attached hydrogens (tertiary/aromatic N) is 4. The summed E-state index contributed by atoms with van der Waals surface area (Å²) in [5, 5.41) is 23.4. The van der Waals surface area contributed by atoms with E-state index in [1.807, 2.05) is 44.2 Å². The molecule has 0 amide bonds. The second-order valence-corrected chi connectivity index (χ2v) is 5.34. The first-order valence-electron chi connectivity index (χ1n) is 7.46. The molecule has 0 saturated heterocycles. The largest absolute Gasteiger partial charge is 0.338 e. The van der Waals surface area contributed by atoms with Crippen LogP contribution in [0.25, 0.3) is 0 Å². The minimum Gasteiger partial charge on any atom is -0.338 e. The van der Waals surface area contributed by atoms with E-state index in [0.29, 0.717) is 23.0 Å². The topological polar surface area (TPSA) is 86.5 Å². The second-order valence-electron chi connectivity index (χ2n) is 5.34. The smallest absolute Gasteiger partial charge is 0.249 e. The van der Waals surface area contributed by atoms with E-state index in [9.17, 15) is 0 Å². The van der Waals surface area contributed by atoms with Crippen molar-refractivity contribution in [1.29, 1.82) is 5.26 Å². The van der Waals surface area contributed by atoms with Crippen LogP contribution in [0.3, 0.4) is 0 Å². The minimum atomic E-state index is 0.328. The molecule has 0 atom stereocenters. The molecule has 0 aliphatic heterocycles. The Hall–Kier alpha value is -3.46. The predicted octanol–water partition coefficient (Wildman–Crippen LogP) is 3.85. The molecule has 2 aromatic carbocycles. The molecule has 0 aliphatic carbocycles. The van der Waals surface area contributed by atoms with Gasteiger partial charge in [-0.2, -0.15) is 15.3 Å². The van der Waals surface area contributed by atoms with E-state index in [0.717, 1.165) is 16.8 Å². The fourth-order valence-corrected chi connectivity index (χ4v) is 2.37. The molecular formula is C18H16N6. The van der Waals surface area contributed by atoms with Gasteiger partial charge in [-0.3, -0.25) is 0 Å². The number of aryl methyl sites for hydroxylation is 2. The van der Waals surface area contributed by atoms with E-state index in [1.165, 1.54) is 0 Å². The van der Waals surface area contributed by atoms with Gasteiger partial charge in [0.25, 0.3) is 0 Å². The predicted molar refractivity (Wildman–Crippen MR) is 93.5 cm³/mol. The van der Waals surface area contributed by atoms with Crippen molar-refractivity contribution in [1.82, 2.24) is 15.2 Å². The Bertz CT molecular complexity index is 893. The molecule has 0 fully saturated rings. The lowest BCUT2D eigenvalue weighted by Crippen LogP contribution is -2.04. The van der Waals surface area contributed by atoms with E-state index in [-0.39, 0.29) is 0 Å². The highest BCUT2D eigenvalue weighted by Gasteiger charge is 2.07. The molecule has 118 valence electrons. The molecule has 3 rings (SSSR count). The van der Waals surface area contributed by atoms with Crippen LogP contribution in [0.2, 0.25) is 0 Å². The Balaban J connectivity index is 1.86. The average Bonchev–Trinajstić information content (AvgIpc) is 2.59. The first-order valence-corrected chi connectivity index (χ1v) is 7.46. The van der Waals surface area contributed by atoms with Gasteiger partial charge in [0.05, 0.1) is 17.4 Å². The van der Waals surface area contributed by atoms with Crippen molar-refractivity contribution in [2.75, 3.05) is 10.6 Å². The standard InChI is InChI=1S/C18H16N6/c1-12-6-5-7-13(2)17(12)22-16-11-20-24-18(23-16)21-15-9-4-3-8-14(15)10-19/h3-9,11H,1-2H3,(H2,21,22,23,24). The summed E-state index contributed by atoms with van der Waals surface area (Å²) in [6.07, 6.45) is 1.56. The molecule has 24 heavy (non-hydrogen) atoms. The summed E-state index contributed by atoms with van der Waals surface area (Å²) >= 11 is 0. The summed E-state index contributed by atoms with van der Waals surface area (Å²) < 4.78 is 0. The highest BCUT2D eigenvalue weighted by molar-refractivity contribution is 5.66. The Morgan fingerprint density at radius 3 is 2.46 bits per heavy atom. The number of hydrogen-bond donors (Lipinski definition) is 2. The van der Waals surface area contributed by atoms with Crippen LogP contribution in [0.15, 0.2) is 48.7 Å². The SMILES string of the molecule is Cc1cccc(C)c1Nc1cnnc(Nc2ccccc2C#N)n1. The van der Waals surface area contributed by atoms with Crippen LogP contribution in [-0.4, -0.2) is 15.2 Å². The van der Waals surface area contributed by atoms with Crippen molar-refractivity contribution >= 4 is 23.1 Å². The third-order valence-electron chi connectivity index (χ3n) is 3.59. The number of nitriles is 1. The van der Waals surface area contributed by atoms with Gasteiger partial charge in [-0.25, -0.2) is 0 Å². The second kappa shape index (κ2) is 6.75. The van der Waals surface area contributed by atoms with Gasteiger partial charge in [0.15, 0.2) is 5.82 Å². The summed E-state index contributed by atoms with van der Waals surface area (Å²) in [4.78, 5) is 4.42. The molecule has 1 aromatic heterocycles. The molecule has 0 aliphatic rings. The lowest BCUT2D eigenvalue weighted by atomic mass is 10.1. The number of benzene rings is 2. The number of anilines is 4. The molecule has 0 bridgehead atoms. The molecule has 0 unspecified atom stereocenters. The van der Waals surface area contributed by atoms with E-state index in [2.05, 4.69) is 31.9 Å². The monoisotopic (exact) mass is 316 g/mol. The maximum absolute atomic E-state index is 9.15. The van der Waals surface area contributed by atoms with Crippen molar-refractivity contribution < 1.29 is 0 Å². The van der Waals surface area contributed by atoms with Gasteiger partial charge in [-0.1, -0.05) is 30.3 Å². The van der Waals surface area contributed by atoms with Crippen LogP contribution in [0.1, 0.15) is 16.7 Å². The Kier molecular flexibility index (Phi) is 4.34. The molecular weight excluding hydrogens is 300 g/mol. The molecule has 6 nitrogen and oxygen atoms in total. The van der Waals surface area contributed by atoms with Gasteiger partial charge in [0.2, 0.25) is 5.95 Å². The molecule has 3 aromatic rings. The fraction of sp³-hybridized carbons (Fsp3) is 0.111. The number of para-hydroxylation sites is 2. The highest BCUT2D eigenvalue weighted by atomic mass is 15.3. The van der Waals surface area contributed by atoms with Crippen molar-refractivity contribution in [2.45, 2.75) is 13.8 Å². The van der Waals surface area contributed by atoms with Crippen LogP contribution in [-0.2, 0) is 0 Å². The van der Waals surface area contributed by atoms with Gasteiger partial charge >= 0.3 is 0 Å². The molecule has 0 radical (unpaired) electrons. The number of rotatable bonds is 4. The quantitative estimate of drug-likeness (QED) is 0.760. The third kappa shape index (κ3) is 3.31. The Morgan fingerprint density at radius 2 is 1.71 bits per heavy atom. The van der Waals surface area contributed by atoms with Crippen LogP contribution < -0.4 is 10.6 Å². The van der Waals surface area contributed by atoms with Crippen molar-refractivity contribution in [3.63, 3.8) is 0 Å². The average molecular weight is 316 g/mol. The maximum Gasteiger partial charge on any atom is 0.249 e. The summed E-state index contributed by atoms with van der Waals surface area (Å²) in [5.41, 5.74) is 4.41. The van der Waals surface area contributed by atoms with Gasteiger partial charge in [0, 0.05) is 5.69 Å². The number of hydrogen-bond acceptors (Lipinski definition) is 6. The normalized spacial score (nSPS) is 10.0. The maximum atomic E-state index is 9.15. The lowest BCUT2D eigenvalue weighted by Gasteiger charge is -2.12. The zero-order valence-corrected chi connectivity index (χ0v) is 13.4. The van der Waals surface area contributed by atoms with Gasteiger partial charge < -0.3 is 10.6 Å².